The zero-order chi connectivity index (χ0) is 32.2. The van der Waals surface area contributed by atoms with Gasteiger partial charge in [-0.2, -0.15) is 78.9 Å². The first-order valence-corrected chi connectivity index (χ1v) is 10.7. The van der Waals surface area contributed by atoms with Crippen LogP contribution in [0.5, 0.6) is 0 Å². The van der Waals surface area contributed by atoms with Gasteiger partial charge in [0.2, 0.25) is 0 Å². The smallest absolute Gasteiger partial charge is 0.442 e. The number of rotatable bonds is 12. The molecule has 0 saturated carbocycles. The van der Waals surface area contributed by atoms with Crippen LogP contribution in [0.15, 0.2) is 12.2 Å². The fraction of sp³-hybridized carbons (Fsp3) is 0.812. The van der Waals surface area contributed by atoms with Gasteiger partial charge in [-0.1, -0.05) is 13.5 Å². The quantitative estimate of drug-likeness (QED) is 0.113. The van der Waals surface area contributed by atoms with Crippen molar-refractivity contribution in [1.29, 1.82) is 0 Å². The van der Waals surface area contributed by atoms with E-state index in [0.29, 0.717) is 6.92 Å². The monoisotopic (exact) mass is 639 g/mol. The third kappa shape index (κ3) is 5.11. The summed E-state index contributed by atoms with van der Waals surface area (Å²) in [5.74, 6) is -53.8. The Kier molecular flexibility index (Phi) is 9.55. The van der Waals surface area contributed by atoms with Crippen LogP contribution in [0.2, 0.25) is 0 Å². The van der Waals surface area contributed by atoms with Gasteiger partial charge >= 0.3 is 52.9 Å². The van der Waals surface area contributed by atoms with Crippen molar-refractivity contribution in [3.05, 3.63) is 12.2 Å². The molecule has 0 aliphatic heterocycles. The molecule has 0 fully saturated rings. The summed E-state index contributed by atoms with van der Waals surface area (Å²) in [5, 5.41) is -7.75. The van der Waals surface area contributed by atoms with Crippen molar-refractivity contribution in [1.82, 2.24) is 4.31 Å². The van der Waals surface area contributed by atoms with Crippen LogP contribution in [0, 0.1) is 0 Å². The highest BCUT2D eigenvalue weighted by Crippen LogP contribution is 2.64. The number of halogens is 17. The summed E-state index contributed by atoms with van der Waals surface area (Å²) in [6.07, 6.45) is -10.6. The molecule has 0 spiro atoms. The Balaban J connectivity index is 7.05. The first kappa shape index (κ1) is 36.9. The largest absolute Gasteiger partial charge is 0.460 e. The van der Waals surface area contributed by atoms with Crippen LogP contribution >= 0.6 is 0 Å². The number of ether oxygens (including phenoxy) is 1. The number of hydrogen-bond acceptors (Lipinski definition) is 4. The summed E-state index contributed by atoms with van der Waals surface area (Å²) in [6, 6.07) is 0. The number of carbonyl (C=O) groups excluding carboxylic acids is 1. The summed E-state index contributed by atoms with van der Waals surface area (Å²) in [6.45, 7) is 2.97. The van der Waals surface area contributed by atoms with Crippen molar-refractivity contribution in [2.24, 2.45) is 0 Å². The first-order valence-electron chi connectivity index (χ1n) is 9.29. The second-order valence-electron chi connectivity index (χ2n) is 7.45. The number of sulfonamides is 1. The average Bonchev–Trinajstić information content (AvgIpc) is 2.71. The second-order valence-corrected chi connectivity index (χ2v) is 9.39. The van der Waals surface area contributed by atoms with E-state index < -0.39 is 85.6 Å². The van der Waals surface area contributed by atoms with Crippen LogP contribution in [0.3, 0.4) is 0 Å². The van der Waals surface area contributed by atoms with Crippen molar-refractivity contribution >= 4 is 16.0 Å². The number of hydrogen-bond donors (Lipinski definition) is 0. The Morgan fingerprint density at radius 2 is 1.03 bits per heavy atom. The molecule has 1 unspecified atom stereocenters. The number of carbonyl (C=O) groups is 1. The van der Waals surface area contributed by atoms with E-state index >= 15 is 0 Å². The fourth-order valence-corrected chi connectivity index (χ4v) is 3.92. The van der Waals surface area contributed by atoms with Gasteiger partial charge in [0.1, 0.15) is 0 Å². The molecule has 1 atom stereocenters. The molecule has 23 heteroatoms. The van der Waals surface area contributed by atoms with E-state index in [9.17, 15) is 87.8 Å². The van der Waals surface area contributed by atoms with E-state index in [1.54, 1.807) is 0 Å². The van der Waals surface area contributed by atoms with Gasteiger partial charge < -0.3 is 4.74 Å². The molecule has 0 aromatic heterocycles. The van der Waals surface area contributed by atoms with E-state index in [2.05, 4.69) is 11.3 Å². The lowest BCUT2D eigenvalue weighted by Gasteiger charge is -2.43. The molecule has 0 rings (SSSR count). The Labute approximate surface area is 206 Å². The highest BCUT2D eigenvalue weighted by molar-refractivity contribution is 7.90. The zero-order valence-corrected chi connectivity index (χ0v) is 19.7. The van der Waals surface area contributed by atoms with Gasteiger partial charge in [-0.3, -0.25) is 0 Å². The molecule has 0 bridgehead atoms. The minimum atomic E-state index is -8.93. The third-order valence-electron chi connectivity index (χ3n) is 4.67. The summed E-state index contributed by atoms with van der Waals surface area (Å²) in [5.41, 5.74) is -0.614. The van der Waals surface area contributed by atoms with Crippen molar-refractivity contribution < 1.29 is 92.6 Å². The van der Waals surface area contributed by atoms with Gasteiger partial charge in [0, 0.05) is 12.1 Å². The SMILES string of the molecule is C=C(C)C(=O)OC(C)N(CC)S(=O)(=O)C(F)(F)C(F)(F)C(F)(F)C(F)(F)C(F)(F)C(F)(F)C(F)(F)C(F)(F)F. The van der Waals surface area contributed by atoms with Crippen molar-refractivity contribution in [2.75, 3.05) is 6.54 Å². The normalized spacial score (nSPS) is 16.3. The van der Waals surface area contributed by atoms with E-state index in [-0.39, 0.29) is 6.92 Å². The maximum absolute atomic E-state index is 14.3. The van der Waals surface area contributed by atoms with E-state index in [1.165, 1.54) is 0 Å². The molecule has 0 aromatic rings. The molecule has 0 aromatic carbocycles. The molecule has 0 amide bonds. The van der Waals surface area contributed by atoms with Gasteiger partial charge in [-0.05, 0) is 13.8 Å². The molecular formula is C16H14F17NO4S. The van der Waals surface area contributed by atoms with E-state index in [1.807, 2.05) is 0 Å². The average molecular weight is 639 g/mol. The molecule has 0 radical (unpaired) electrons. The standard InChI is InChI=1S/C16H14F17NO4S/c1-5-34(7(4)38-8(35)6(2)3)39(36,37)16(32,33)14(27,28)12(23,24)10(19,20)9(17,18)11(21,22)13(25,26)15(29,30)31/h7H,2,5H2,1,3-4H3. The van der Waals surface area contributed by atoms with Gasteiger partial charge in [-0.15, -0.1) is 0 Å². The molecule has 5 nitrogen and oxygen atoms in total. The second kappa shape index (κ2) is 10.1. The van der Waals surface area contributed by atoms with Crippen LogP contribution in [-0.4, -0.2) is 78.4 Å². The van der Waals surface area contributed by atoms with Crippen LogP contribution in [0.25, 0.3) is 0 Å². The maximum atomic E-state index is 14.3. The van der Waals surface area contributed by atoms with E-state index in [4.69, 9.17) is 0 Å². The van der Waals surface area contributed by atoms with Gasteiger partial charge in [-0.25, -0.2) is 13.2 Å². The fourth-order valence-electron chi connectivity index (χ4n) is 2.40. The maximum Gasteiger partial charge on any atom is 0.460 e. The Hall–Kier alpha value is -2.07. The zero-order valence-electron chi connectivity index (χ0n) is 18.9. The molecule has 0 N–H and O–H groups in total. The van der Waals surface area contributed by atoms with Gasteiger partial charge in [0.25, 0.3) is 10.0 Å². The Morgan fingerprint density at radius 1 is 0.718 bits per heavy atom. The molecule has 232 valence electrons. The third-order valence-corrected chi connectivity index (χ3v) is 6.75. The summed E-state index contributed by atoms with van der Waals surface area (Å²) in [4.78, 5) is 11.4. The highest BCUT2D eigenvalue weighted by atomic mass is 32.2. The lowest BCUT2D eigenvalue weighted by molar-refractivity contribution is -0.458. The van der Waals surface area contributed by atoms with Gasteiger partial charge in [0.05, 0.1) is 0 Å². The number of esters is 1. The van der Waals surface area contributed by atoms with Gasteiger partial charge in [0.15, 0.2) is 6.23 Å². The molecule has 0 heterocycles. The topological polar surface area (TPSA) is 63.7 Å². The summed E-state index contributed by atoms with van der Waals surface area (Å²) in [7, 11) is -7.59. The summed E-state index contributed by atoms with van der Waals surface area (Å²) < 4.78 is 255. The predicted molar refractivity (Wildman–Crippen MR) is 92.4 cm³/mol. The van der Waals surface area contributed by atoms with Crippen LogP contribution < -0.4 is 0 Å². The van der Waals surface area contributed by atoms with Crippen molar-refractivity contribution in [3.8, 4) is 0 Å². The predicted octanol–water partition coefficient (Wildman–Crippen LogP) is 6.07. The molecular weight excluding hydrogens is 625 g/mol. The highest BCUT2D eigenvalue weighted by Gasteiger charge is 2.96. The van der Waals surface area contributed by atoms with Crippen molar-refractivity contribution in [2.45, 2.75) is 74.0 Å². The molecule has 0 aliphatic carbocycles. The van der Waals surface area contributed by atoms with Crippen LogP contribution in [0.1, 0.15) is 20.8 Å². The first-order chi connectivity index (χ1) is 16.7. The Morgan fingerprint density at radius 3 is 1.31 bits per heavy atom. The minimum absolute atomic E-state index is 0.288. The number of nitrogens with zero attached hydrogens (tertiary/aromatic N) is 1. The summed E-state index contributed by atoms with van der Waals surface area (Å²) >= 11 is 0. The molecule has 0 saturated heterocycles. The lowest BCUT2D eigenvalue weighted by Crippen LogP contribution is -2.75. The van der Waals surface area contributed by atoms with Crippen molar-refractivity contribution in [3.63, 3.8) is 0 Å². The molecule has 0 aliphatic rings. The van der Waals surface area contributed by atoms with Crippen LogP contribution in [0.4, 0.5) is 74.6 Å². The molecule has 39 heavy (non-hydrogen) atoms. The van der Waals surface area contributed by atoms with E-state index in [0.717, 1.165) is 6.92 Å². The Bertz CT molecular complexity index is 1050. The number of alkyl halides is 17. The lowest BCUT2D eigenvalue weighted by atomic mass is 9.91. The minimum Gasteiger partial charge on any atom is -0.442 e. The van der Waals surface area contributed by atoms with Crippen LogP contribution in [-0.2, 0) is 19.6 Å².